The Kier molecular flexibility index (Phi) is 34.4. The molecule has 256 valence electrons. The first-order valence-electron chi connectivity index (χ1n) is 18.8. The summed E-state index contributed by atoms with van der Waals surface area (Å²) < 4.78 is 10.8. The van der Waals surface area contributed by atoms with Crippen LogP contribution in [0.5, 0.6) is 0 Å². The third-order valence-electron chi connectivity index (χ3n) is 8.40. The van der Waals surface area contributed by atoms with Gasteiger partial charge in [0.05, 0.1) is 19.8 Å². The zero-order chi connectivity index (χ0) is 31.5. The van der Waals surface area contributed by atoms with Gasteiger partial charge in [0, 0.05) is 19.4 Å². The molecule has 0 aromatic carbocycles. The highest BCUT2D eigenvalue weighted by atomic mass is 16.5. The van der Waals surface area contributed by atoms with Gasteiger partial charge in [0.15, 0.2) is 0 Å². The SMILES string of the molecule is CCCCCCCCCCCOC(=O)CCCCCCN(CCO)CCCCCC(=O)OCCCCCCCCCCC. The number of nitrogens with zero attached hydrogens (tertiary/aromatic N) is 1. The van der Waals surface area contributed by atoms with E-state index in [0.29, 0.717) is 32.6 Å². The van der Waals surface area contributed by atoms with Crippen molar-refractivity contribution in [2.45, 2.75) is 187 Å². The molecule has 0 bridgehead atoms. The van der Waals surface area contributed by atoms with Crippen molar-refractivity contribution >= 4 is 11.9 Å². The van der Waals surface area contributed by atoms with Gasteiger partial charge in [0.25, 0.3) is 0 Å². The Balaban J connectivity index is 3.56. The van der Waals surface area contributed by atoms with Crippen molar-refractivity contribution < 1.29 is 24.2 Å². The monoisotopic (exact) mass is 612 g/mol. The van der Waals surface area contributed by atoms with Crippen LogP contribution >= 0.6 is 0 Å². The molecule has 0 aliphatic carbocycles. The predicted molar refractivity (Wildman–Crippen MR) is 181 cm³/mol. The summed E-state index contributed by atoms with van der Waals surface area (Å²) in [5.41, 5.74) is 0. The molecule has 0 rings (SSSR count). The minimum atomic E-state index is -0.0563. The summed E-state index contributed by atoms with van der Waals surface area (Å²) in [5.74, 6) is -0.104. The lowest BCUT2D eigenvalue weighted by atomic mass is 10.1. The lowest BCUT2D eigenvalue weighted by molar-refractivity contribution is -0.144. The van der Waals surface area contributed by atoms with Crippen LogP contribution < -0.4 is 0 Å². The first kappa shape index (κ1) is 41.9. The number of aliphatic hydroxyl groups is 1. The summed E-state index contributed by atoms with van der Waals surface area (Å²) in [6, 6.07) is 0. The lowest BCUT2D eigenvalue weighted by Gasteiger charge is -2.21. The van der Waals surface area contributed by atoms with Gasteiger partial charge in [-0.15, -0.1) is 0 Å². The van der Waals surface area contributed by atoms with Gasteiger partial charge in [-0.05, 0) is 51.6 Å². The lowest BCUT2D eigenvalue weighted by Crippen LogP contribution is -2.29. The Morgan fingerprint density at radius 3 is 1.16 bits per heavy atom. The van der Waals surface area contributed by atoms with Crippen molar-refractivity contribution in [3.8, 4) is 0 Å². The predicted octanol–water partition coefficient (Wildman–Crippen LogP) is 9.94. The summed E-state index contributed by atoms with van der Waals surface area (Å²) in [4.78, 5) is 26.3. The van der Waals surface area contributed by atoms with Gasteiger partial charge in [-0.3, -0.25) is 9.59 Å². The summed E-state index contributed by atoms with van der Waals surface area (Å²) in [6.45, 7) is 8.46. The molecule has 0 aliphatic rings. The molecule has 0 radical (unpaired) electrons. The van der Waals surface area contributed by atoms with Gasteiger partial charge in [0.2, 0.25) is 0 Å². The first-order chi connectivity index (χ1) is 21.1. The van der Waals surface area contributed by atoms with Crippen LogP contribution in [0.1, 0.15) is 187 Å². The zero-order valence-corrected chi connectivity index (χ0v) is 28.9. The summed E-state index contributed by atoms with van der Waals surface area (Å²) in [6.07, 6.45) is 31.0. The van der Waals surface area contributed by atoms with Crippen molar-refractivity contribution in [3.63, 3.8) is 0 Å². The molecule has 0 atom stereocenters. The van der Waals surface area contributed by atoms with Gasteiger partial charge in [-0.2, -0.15) is 0 Å². The molecule has 1 N–H and O–H groups in total. The maximum atomic E-state index is 12.0. The average molecular weight is 612 g/mol. The van der Waals surface area contributed by atoms with E-state index < -0.39 is 0 Å². The van der Waals surface area contributed by atoms with Crippen LogP contribution in [0.3, 0.4) is 0 Å². The summed E-state index contributed by atoms with van der Waals surface area (Å²) in [7, 11) is 0. The summed E-state index contributed by atoms with van der Waals surface area (Å²) >= 11 is 0. The topological polar surface area (TPSA) is 76.1 Å². The fraction of sp³-hybridized carbons (Fsp3) is 0.946. The number of carbonyl (C=O) groups excluding carboxylic acids is 2. The molecular formula is C37H73NO5. The van der Waals surface area contributed by atoms with E-state index >= 15 is 0 Å². The van der Waals surface area contributed by atoms with Crippen molar-refractivity contribution in [2.75, 3.05) is 39.5 Å². The van der Waals surface area contributed by atoms with Gasteiger partial charge in [0.1, 0.15) is 0 Å². The normalized spacial score (nSPS) is 11.3. The number of hydrogen-bond donors (Lipinski definition) is 1. The van der Waals surface area contributed by atoms with Crippen molar-refractivity contribution in [1.29, 1.82) is 0 Å². The Hall–Kier alpha value is -1.14. The van der Waals surface area contributed by atoms with E-state index in [9.17, 15) is 14.7 Å². The quantitative estimate of drug-likeness (QED) is 0.0568. The third-order valence-corrected chi connectivity index (χ3v) is 8.40. The molecule has 6 heteroatoms. The fourth-order valence-corrected chi connectivity index (χ4v) is 5.56. The fourth-order valence-electron chi connectivity index (χ4n) is 5.56. The smallest absolute Gasteiger partial charge is 0.305 e. The molecule has 0 fully saturated rings. The second kappa shape index (κ2) is 35.3. The number of esters is 2. The minimum absolute atomic E-state index is 0.0474. The van der Waals surface area contributed by atoms with Gasteiger partial charge >= 0.3 is 11.9 Å². The van der Waals surface area contributed by atoms with Crippen molar-refractivity contribution in [1.82, 2.24) is 4.90 Å². The minimum Gasteiger partial charge on any atom is -0.466 e. The van der Waals surface area contributed by atoms with Crippen LogP contribution in [0.2, 0.25) is 0 Å². The Labute approximate surface area is 267 Å². The molecule has 0 saturated heterocycles. The van der Waals surface area contributed by atoms with Crippen LogP contribution in [0.25, 0.3) is 0 Å². The molecule has 0 aromatic rings. The number of rotatable bonds is 35. The molecule has 6 nitrogen and oxygen atoms in total. The molecule has 0 spiro atoms. The third kappa shape index (κ3) is 33.6. The molecule has 0 heterocycles. The van der Waals surface area contributed by atoms with E-state index in [1.54, 1.807) is 0 Å². The maximum absolute atomic E-state index is 12.0. The highest BCUT2D eigenvalue weighted by molar-refractivity contribution is 5.69. The van der Waals surface area contributed by atoms with Crippen molar-refractivity contribution in [3.05, 3.63) is 0 Å². The molecule has 0 saturated carbocycles. The van der Waals surface area contributed by atoms with Crippen molar-refractivity contribution in [2.24, 2.45) is 0 Å². The van der Waals surface area contributed by atoms with Gasteiger partial charge < -0.3 is 19.5 Å². The maximum Gasteiger partial charge on any atom is 0.305 e. The van der Waals surface area contributed by atoms with E-state index in [4.69, 9.17) is 9.47 Å². The van der Waals surface area contributed by atoms with Gasteiger partial charge in [-0.25, -0.2) is 0 Å². The first-order valence-corrected chi connectivity index (χ1v) is 18.8. The van der Waals surface area contributed by atoms with Gasteiger partial charge in [-0.1, -0.05) is 136 Å². The Morgan fingerprint density at radius 1 is 0.442 bits per heavy atom. The molecule has 43 heavy (non-hydrogen) atoms. The Morgan fingerprint density at radius 2 is 0.767 bits per heavy atom. The standard InChI is InChI=1S/C37H73NO5/c1-3-5-7-9-11-13-15-19-26-34-42-36(40)28-22-17-18-24-30-38(32-33-39)31-25-21-23-29-37(41)43-35-27-20-16-14-12-10-8-6-4-2/h39H,3-35H2,1-2H3. The number of hydrogen-bond acceptors (Lipinski definition) is 6. The van der Waals surface area contributed by atoms with E-state index in [1.165, 1.54) is 89.9 Å². The van der Waals surface area contributed by atoms with Crippen LogP contribution in [-0.4, -0.2) is 61.4 Å². The average Bonchev–Trinajstić information content (AvgIpc) is 3.00. The molecular weight excluding hydrogens is 538 g/mol. The van der Waals surface area contributed by atoms with E-state index in [-0.39, 0.29) is 18.5 Å². The number of ether oxygens (including phenoxy) is 2. The van der Waals surface area contributed by atoms with Crippen LogP contribution in [0.15, 0.2) is 0 Å². The van der Waals surface area contributed by atoms with Crippen LogP contribution in [-0.2, 0) is 19.1 Å². The molecule has 0 unspecified atom stereocenters. The van der Waals surface area contributed by atoms with E-state index in [1.807, 2.05) is 0 Å². The van der Waals surface area contributed by atoms with E-state index in [0.717, 1.165) is 83.7 Å². The van der Waals surface area contributed by atoms with Crippen LogP contribution in [0, 0.1) is 0 Å². The van der Waals surface area contributed by atoms with E-state index in [2.05, 4.69) is 18.7 Å². The highest BCUT2D eigenvalue weighted by Gasteiger charge is 2.07. The number of unbranched alkanes of at least 4 members (excludes halogenated alkanes) is 21. The second-order valence-electron chi connectivity index (χ2n) is 12.6. The summed E-state index contributed by atoms with van der Waals surface area (Å²) in [5, 5.41) is 9.42. The number of carbonyl (C=O) groups is 2. The second-order valence-corrected chi connectivity index (χ2v) is 12.6. The molecule has 0 amide bonds. The number of aliphatic hydroxyl groups excluding tert-OH is 1. The molecule has 0 aliphatic heterocycles. The molecule has 0 aromatic heterocycles. The van der Waals surface area contributed by atoms with Crippen LogP contribution in [0.4, 0.5) is 0 Å². The zero-order valence-electron chi connectivity index (χ0n) is 28.9. The highest BCUT2D eigenvalue weighted by Crippen LogP contribution is 2.12. The largest absolute Gasteiger partial charge is 0.466 e. The Bertz CT molecular complexity index is 585.